The van der Waals surface area contributed by atoms with Gasteiger partial charge >= 0.3 is 0 Å². The van der Waals surface area contributed by atoms with Crippen LogP contribution in [-0.4, -0.2) is 57.9 Å². The molecule has 1 fully saturated rings. The fourth-order valence-electron chi connectivity index (χ4n) is 4.34. The summed E-state index contributed by atoms with van der Waals surface area (Å²) in [5.74, 6) is 1.71. The molecule has 9 heteroatoms. The zero-order valence-electron chi connectivity index (χ0n) is 18.6. The second kappa shape index (κ2) is 9.21. The minimum Gasteiger partial charge on any atom is -0.497 e. The third-order valence-electron chi connectivity index (χ3n) is 6.09. The van der Waals surface area contributed by atoms with E-state index in [4.69, 9.17) is 16.3 Å². The minimum absolute atomic E-state index is 0.101. The smallest absolute Gasteiger partial charge is 0.230 e. The highest BCUT2D eigenvalue weighted by atomic mass is 35.5. The maximum Gasteiger partial charge on any atom is 0.230 e. The van der Waals surface area contributed by atoms with Crippen molar-refractivity contribution in [2.45, 2.75) is 19.4 Å². The molecule has 33 heavy (non-hydrogen) atoms. The van der Waals surface area contributed by atoms with Crippen molar-refractivity contribution >= 4 is 33.6 Å². The van der Waals surface area contributed by atoms with Crippen molar-refractivity contribution in [3.63, 3.8) is 0 Å². The zero-order valence-corrected chi connectivity index (χ0v) is 20.2. The van der Waals surface area contributed by atoms with E-state index in [2.05, 4.69) is 38.1 Å². The number of fused-ring (bicyclic) bond motifs is 1. The van der Waals surface area contributed by atoms with E-state index in [0.717, 1.165) is 70.3 Å². The van der Waals surface area contributed by atoms with E-state index < -0.39 is 0 Å². The number of aromatic hydroxyl groups is 1. The van der Waals surface area contributed by atoms with Crippen molar-refractivity contribution in [2.24, 2.45) is 0 Å². The molecule has 4 aromatic rings. The number of anilines is 1. The molecule has 1 N–H and O–H groups in total. The molecule has 0 aliphatic carbocycles. The second-order valence-corrected chi connectivity index (χ2v) is 9.49. The number of aromatic nitrogens is 3. The summed E-state index contributed by atoms with van der Waals surface area (Å²) in [6, 6.07) is 16.0. The van der Waals surface area contributed by atoms with Gasteiger partial charge in [0.05, 0.1) is 18.0 Å². The quantitative estimate of drug-likeness (QED) is 0.431. The molecule has 172 valence electrons. The number of halogens is 1. The van der Waals surface area contributed by atoms with E-state index in [0.29, 0.717) is 0 Å². The Kier molecular flexibility index (Phi) is 6.14. The van der Waals surface area contributed by atoms with Crippen LogP contribution in [0.4, 0.5) is 5.69 Å². The van der Waals surface area contributed by atoms with Crippen molar-refractivity contribution in [1.29, 1.82) is 0 Å². The Hall–Kier alpha value is -2.81. The molecule has 2 aromatic carbocycles. The van der Waals surface area contributed by atoms with Gasteiger partial charge in [0.15, 0.2) is 5.82 Å². The fourth-order valence-corrected chi connectivity index (χ4v) is 5.66. The number of methoxy groups -OCH3 is 1. The molecule has 0 spiro atoms. The van der Waals surface area contributed by atoms with Crippen LogP contribution in [0.15, 0.2) is 48.5 Å². The molecule has 5 rings (SSSR count). The van der Waals surface area contributed by atoms with Crippen molar-refractivity contribution < 1.29 is 9.84 Å². The third-order valence-corrected chi connectivity index (χ3v) is 7.40. The van der Waals surface area contributed by atoms with Gasteiger partial charge in [0, 0.05) is 43.3 Å². The maximum atomic E-state index is 11.1. The number of ether oxygens (including phenoxy) is 1. The Balaban J connectivity index is 1.47. The summed E-state index contributed by atoms with van der Waals surface area (Å²) < 4.78 is 6.92. The van der Waals surface area contributed by atoms with Gasteiger partial charge in [-0.25, -0.2) is 4.98 Å². The van der Waals surface area contributed by atoms with E-state index in [9.17, 15) is 5.11 Å². The van der Waals surface area contributed by atoms with Crippen LogP contribution >= 0.6 is 22.9 Å². The van der Waals surface area contributed by atoms with Crippen LogP contribution < -0.4 is 9.64 Å². The van der Waals surface area contributed by atoms with Crippen LogP contribution in [0.1, 0.15) is 29.2 Å². The first-order valence-electron chi connectivity index (χ1n) is 11.0. The van der Waals surface area contributed by atoms with Gasteiger partial charge in [-0.2, -0.15) is 4.52 Å². The minimum atomic E-state index is -0.101. The normalized spacial score (nSPS) is 15.8. The number of rotatable bonds is 6. The molecule has 1 aliphatic rings. The van der Waals surface area contributed by atoms with Crippen LogP contribution in [0.5, 0.6) is 11.6 Å². The molecule has 0 saturated carbocycles. The summed E-state index contributed by atoms with van der Waals surface area (Å²) in [4.78, 5) is 10.9. The van der Waals surface area contributed by atoms with Crippen LogP contribution in [0.2, 0.25) is 5.02 Å². The Morgan fingerprint density at radius 3 is 2.52 bits per heavy atom. The van der Waals surface area contributed by atoms with Gasteiger partial charge in [-0.05, 0) is 35.9 Å². The highest BCUT2D eigenvalue weighted by Gasteiger charge is 2.32. The van der Waals surface area contributed by atoms with Gasteiger partial charge in [0.1, 0.15) is 5.75 Å². The first kappa shape index (κ1) is 22.0. The first-order valence-corrected chi connectivity index (χ1v) is 12.2. The van der Waals surface area contributed by atoms with Crippen molar-refractivity contribution in [3.05, 3.63) is 69.8 Å². The van der Waals surface area contributed by atoms with Gasteiger partial charge in [0.2, 0.25) is 10.8 Å². The van der Waals surface area contributed by atoms with E-state index >= 15 is 0 Å². The molecule has 1 aliphatic heterocycles. The average Bonchev–Trinajstić information content (AvgIpc) is 3.39. The molecule has 0 unspecified atom stereocenters. The Bertz CT molecular complexity index is 1250. The van der Waals surface area contributed by atoms with Gasteiger partial charge in [-0.1, -0.05) is 48.1 Å². The lowest BCUT2D eigenvalue weighted by atomic mass is 10.0. The van der Waals surface area contributed by atoms with E-state index in [-0.39, 0.29) is 11.9 Å². The van der Waals surface area contributed by atoms with Gasteiger partial charge in [-0.3, -0.25) is 4.90 Å². The number of hydrogen-bond acceptors (Lipinski definition) is 7. The largest absolute Gasteiger partial charge is 0.497 e. The van der Waals surface area contributed by atoms with Crippen molar-refractivity contribution in [2.75, 3.05) is 38.2 Å². The predicted molar refractivity (Wildman–Crippen MR) is 132 cm³/mol. The lowest BCUT2D eigenvalue weighted by Gasteiger charge is -2.40. The van der Waals surface area contributed by atoms with E-state index in [1.54, 1.807) is 11.6 Å². The van der Waals surface area contributed by atoms with Gasteiger partial charge in [0.25, 0.3) is 0 Å². The summed E-state index contributed by atoms with van der Waals surface area (Å²) in [5.41, 5.74) is 2.24. The molecule has 2 aromatic heterocycles. The molecular weight excluding hydrogens is 458 g/mol. The van der Waals surface area contributed by atoms with E-state index in [1.807, 2.05) is 37.3 Å². The van der Waals surface area contributed by atoms with Crippen LogP contribution in [0, 0.1) is 0 Å². The van der Waals surface area contributed by atoms with Crippen LogP contribution in [-0.2, 0) is 6.42 Å². The molecule has 0 amide bonds. The molecule has 3 heterocycles. The number of thiazole rings is 1. The number of nitrogens with zero attached hydrogens (tertiary/aromatic N) is 5. The predicted octanol–water partition coefficient (Wildman–Crippen LogP) is 4.63. The van der Waals surface area contributed by atoms with Crippen LogP contribution in [0.25, 0.3) is 4.96 Å². The number of aryl methyl sites for hydroxylation is 1. The second-order valence-electron chi connectivity index (χ2n) is 8.04. The highest BCUT2D eigenvalue weighted by molar-refractivity contribution is 7.17. The van der Waals surface area contributed by atoms with Crippen molar-refractivity contribution in [1.82, 2.24) is 19.5 Å². The number of benzene rings is 2. The summed E-state index contributed by atoms with van der Waals surface area (Å²) >= 11 is 7.71. The Morgan fingerprint density at radius 1 is 1.12 bits per heavy atom. The van der Waals surface area contributed by atoms with Crippen LogP contribution in [0.3, 0.4) is 0 Å². The molecule has 1 saturated heterocycles. The summed E-state index contributed by atoms with van der Waals surface area (Å²) in [6.07, 6.45) is 0.733. The molecular formula is C24H26ClN5O2S. The lowest BCUT2D eigenvalue weighted by Crippen LogP contribution is -2.47. The monoisotopic (exact) mass is 483 g/mol. The molecule has 0 bridgehead atoms. The third kappa shape index (κ3) is 4.26. The highest BCUT2D eigenvalue weighted by Crippen LogP contribution is 2.41. The zero-order chi connectivity index (χ0) is 22.9. The number of piperazine rings is 1. The molecule has 0 radical (unpaired) electrons. The van der Waals surface area contributed by atoms with E-state index in [1.165, 1.54) is 11.3 Å². The number of hydrogen-bond donors (Lipinski definition) is 1. The lowest BCUT2D eigenvalue weighted by molar-refractivity contribution is 0.211. The maximum absolute atomic E-state index is 11.1. The van der Waals surface area contributed by atoms with Gasteiger partial charge in [-0.15, -0.1) is 5.10 Å². The van der Waals surface area contributed by atoms with Gasteiger partial charge < -0.3 is 14.7 Å². The Labute approximate surface area is 201 Å². The summed E-state index contributed by atoms with van der Waals surface area (Å²) in [6.45, 7) is 5.44. The topological polar surface area (TPSA) is 66.1 Å². The summed E-state index contributed by atoms with van der Waals surface area (Å²) in [5, 5.41) is 16.3. The fraction of sp³-hybridized carbons (Fsp3) is 0.333. The summed E-state index contributed by atoms with van der Waals surface area (Å²) in [7, 11) is 1.67. The SMILES string of the molecule is CCc1nc2sc([C@H](c3ccc(OC)cc3)N3CCN(c4cccc(Cl)c4)CC3)c(O)n2n1. The first-order chi connectivity index (χ1) is 16.1. The molecule has 1 atom stereocenters. The standard InChI is InChI=1S/C24H26ClN5O2S/c1-3-20-26-24-30(27-20)23(31)22(33-24)21(16-7-9-19(32-2)10-8-16)29-13-11-28(12-14-29)18-6-4-5-17(25)15-18/h4-10,15,21,31H,3,11-14H2,1-2H3/t21-/m0/s1. The average molecular weight is 484 g/mol. The van der Waals surface area contributed by atoms with Crippen molar-refractivity contribution in [3.8, 4) is 11.6 Å². The Morgan fingerprint density at radius 2 is 1.88 bits per heavy atom. The molecule has 7 nitrogen and oxygen atoms in total.